The van der Waals surface area contributed by atoms with Gasteiger partial charge < -0.3 is 24.1 Å². The highest BCUT2D eigenvalue weighted by Crippen LogP contribution is 2.35. The first-order valence-electron chi connectivity index (χ1n) is 8.74. The SMILES string of the molecule is CCOC(=O)C[C@@H](c1cccc(OC(C)C)c1)c1oc(CO)cc(=O)c1O. The molecule has 0 fully saturated rings. The molecular weight excluding hydrogens is 352 g/mol. The summed E-state index contributed by atoms with van der Waals surface area (Å²) >= 11 is 0. The van der Waals surface area contributed by atoms with Crippen LogP contribution in [0.5, 0.6) is 11.5 Å². The molecule has 0 aliphatic heterocycles. The van der Waals surface area contributed by atoms with E-state index in [1.54, 1.807) is 31.2 Å². The van der Waals surface area contributed by atoms with Crippen LogP contribution < -0.4 is 10.2 Å². The summed E-state index contributed by atoms with van der Waals surface area (Å²) in [5.41, 5.74) is -0.0847. The molecule has 2 rings (SSSR count). The summed E-state index contributed by atoms with van der Waals surface area (Å²) in [6, 6.07) is 7.98. The topological polar surface area (TPSA) is 106 Å². The van der Waals surface area contributed by atoms with Crippen LogP contribution in [0.15, 0.2) is 39.5 Å². The molecule has 2 aromatic rings. The number of aliphatic hydroxyl groups excluding tert-OH is 1. The van der Waals surface area contributed by atoms with Crippen LogP contribution in [-0.2, 0) is 16.1 Å². The molecule has 0 radical (unpaired) electrons. The molecule has 1 aromatic heterocycles. The first-order valence-corrected chi connectivity index (χ1v) is 8.74. The summed E-state index contributed by atoms with van der Waals surface area (Å²) in [6.45, 7) is 5.16. The van der Waals surface area contributed by atoms with E-state index >= 15 is 0 Å². The van der Waals surface area contributed by atoms with Crippen molar-refractivity contribution in [1.29, 1.82) is 0 Å². The maximum Gasteiger partial charge on any atom is 0.306 e. The summed E-state index contributed by atoms with van der Waals surface area (Å²) in [6.07, 6.45) is -0.197. The van der Waals surface area contributed by atoms with E-state index < -0.39 is 29.7 Å². The van der Waals surface area contributed by atoms with E-state index in [-0.39, 0.29) is 30.7 Å². The quantitative estimate of drug-likeness (QED) is 0.682. The van der Waals surface area contributed by atoms with Crippen molar-refractivity contribution in [1.82, 2.24) is 0 Å². The standard InChI is InChI=1S/C20H24O7/c1-4-25-18(23)10-16(13-6-5-7-14(8-13)26-12(2)3)20-19(24)17(22)9-15(11-21)27-20/h5-9,12,16,21,24H,4,10-11H2,1-3H3/t16-/m0/s1. The van der Waals surface area contributed by atoms with Crippen molar-refractivity contribution in [3.63, 3.8) is 0 Å². The molecule has 1 aromatic carbocycles. The summed E-state index contributed by atoms with van der Waals surface area (Å²) < 4.78 is 16.2. The Morgan fingerprint density at radius 1 is 1.26 bits per heavy atom. The molecule has 146 valence electrons. The smallest absolute Gasteiger partial charge is 0.306 e. The zero-order valence-corrected chi connectivity index (χ0v) is 15.6. The van der Waals surface area contributed by atoms with Gasteiger partial charge in [0.1, 0.15) is 18.1 Å². The number of rotatable bonds is 8. The minimum absolute atomic E-state index is 0.00348. The van der Waals surface area contributed by atoms with Crippen LogP contribution in [0.2, 0.25) is 0 Å². The van der Waals surface area contributed by atoms with Gasteiger partial charge in [-0.1, -0.05) is 12.1 Å². The molecule has 1 heterocycles. The Kier molecular flexibility index (Phi) is 7.01. The van der Waals surface area contributed by atoms with Crippen molar-refractivity contribution in [2.24, 2.45) is 0 Å². The highest BCUT2D eigenvalue weighted by atomic mass is 16.5. The second-order valence-electron chi connectivity index (χ2n) is 6.25. The lowest BCUT2D eigenvalue weighted by Gasteiger charge is -2.19. The number of carbonyl (C=O) groups excluding carboxylic acids is 1. The predicted molar refractivity (Wildman–Crippen MR) is 97.9 cm³/mol. The Balaban J connectivity index is 2.54. The molecule has 7 heteroatoms. The Bertz CT molecular complexity index is 838. The van der Waals surface area contributed by atoms with Gasteiger partial charge in [-0.2, -0.15) is 0 Å². The van der Waals surface area contributed by atoms with Gasteiger partial charge in [-0.3, -0.25) is 9.59 Å². The van der Waals surface area contributed by atoms with E-state index in [9.17, 15) is 19.8 Å². The zero-order chi connectivity index (χ0) is 20.0. The Labute approximate surface area is 157 Å². The number of hydrogen-bond acceptors (Lipinski definition) is 7. The molecule has 0 saturated heterocycles. The van der Waals surface area contributed by atoms with Crippen molar-refractivity contribution < 1.29 is 28.9 Å². The molecule has 2 N–H and O–H groups in total. The summed E-state index contributed by atoms with van der Waals surface area (Å²) in [7, 11) is 0. The van der Waals surface area contributed by atoms with Crippen LogP contribution in [0.3, 0.4) is 0 Å². The molecule has 7 nitrogen and oxygen atoms in total. The van der Waals surface area contributed by atoms with Gasteiger partial charge in [0.15, 0.2) is 5.76 Å². The van der Waals surface area contributed by atoms with Crippen molar-refractivity contribution in [3.8, 4) is 11.5 Å². The minimum Gasteiger partial charge on any atom is -0.502 e. The molecule has 27 heavy (non-hydrogen) atoms. The molecule has 0 aliphatic carbocycles. The number of benzene rings is 1. The van der Waals surface area contributed by atoms with Crippen molar-refractivity contribution >= 4 is 5.97 Å². The van der Waals surface area contributed by atoms with Crippen LogP contribution in [0.1, 0.15) is 50.2 Å². The van der Waals surface area contributed by atoms with Crippen LogP contribution >= 0.6 is 0 Å². The van der Waals surface area contributed by atoms with Crippen LogP contribution in [0.25, 0.3) is 0 Å². The summed E-state index contributed by atoms with van der Waals surface area (Å²) in [5.74, 6) is -1.40. The van der Waals surface area contributed by atoms with Gasteiger partial charge in [0, 0.05) is 6.07 Å². The molecular formula is C20H24O7. The highest BCUT2D eigenvalue weighted by molar-refractivity contribution is 5.71. The number of ether oxygens (including phenoxy) is 2. The fraction of sp³-hybridized carbons (Fsp3) is 0.400. The van der Waals surface area contributed by atoms with E-state index in [4.69, 9.17) is 13.9 Å². The number of aliphatic hydroxyl groups is 1. The van der Waals surface area contributed by atoms with E-state index in [0.29, 0.717) is 11.3 Å². The van der Waals surface area contributed by atoms with E-state index in [1.807, 2.05) is 13.8 Å². The third-order valence-electron chi connectivity index (χ3n) is 3.78. The van der Waals surface area contributed by atoms with Crippen LogP contribution in [-0.4, -0.2) is 28.9 Å². The molecule has 0 unspecified atom stereocenters. The average Bonchev–Trinajstić information content (AvgIpc) is 2.62. The first kappa shape index (κ1) is 20.5. The molecule has 0 amide bonds. The van der Waals surface area contributed by atoms with E-state index in [2.05, 4.69) is 0 Å². The van der Waals surface area contributed by atoms with Gasteiger partial charge in [-0.05, 0) is 38.5 Å². The van der Waals surface area contributed by atoms with Crippen molar-refractivity contribution in [3.05, 3.63) is 57.6 Å². The van der Waals surface area contributed by atoms with Gasteiger partial charge in [-0.25, -0.2) is 0 Å². The average molecular weight is 376 g/mol. The third kappa shape index (κ3) is 5.34. The van der Waals surface area contributed by atoms with Gasteiger partial charge >= 0.3 is 5.97 Å². The molecule has 0 spiro atoms. The normalized spacial score (nSPS) is 12.0. The predicted octanol–water partition coefficient (Wildman–Crippen LogP) is 2.71. The molecule has 0 bridgehead atoms. The number of carbonyl (C=O) groups is 1. The molecule has 0 aliphatic rings. The summed E-state index contributed by atoms with van der Waals surface area (Å²) in [5, 5.41) is 19.5. The van der Waals surface area contributed by atoms with Gasteiger partial charge in [-0.15, -0.1) is 0 Å². The van der Waals surface area contributed by atoms with Gasteiger partial charge in [0.05, 0.1) is 25.0 Å². The van der Waals surface area contributed by atoms with Crippen molar-refractivity contribution in [2.75, 3.05) is 6.61 Å². The van der Waals surface area contributed by atoms with E-state index in [0.717, 1.165) is 6.07 Å². The number of esters is 1. The highest BCUT2D eigenvalue weighted by Gasteiger charge is 2.27. The lowest BCUT2D eigenvalue weighted by atomic mass is 9.92. The molecule has 0 saturated carbocycles. The maximum absolute atomic E-state index is 12.1. The Morgan fingerprint density at radius 3 is 2.63 bits per heavy atom. The van der Waals surface area contributed by atoms with Crippen LogP contribution in [0.4, 0.5) is 0 Å². The second kappa shape index (κ2) is 9.23. The third-order valence-corrected chi connectivity index (χ3v) is 3.78. The number of hydrogen-bond donors (Lipinski definition) is 2. The van der Waals surface area contributed by atoms with Gasteiger partial charge in [0.2, 0.25) is 11.2 Å². The van der Waals surface area contributed by atoms with Crippen LogP contribution in [0, 0.1) is 0 Å². The largest absolute Gasteiger partial charge is 0.502 e. The van der Waals surface area contributed by atoms with Crippen molar-refractivity contribution in [2.45, 2.75) is 45.8 Å². The molecule has 1 atom stereocenters. The lowest BCUT2D eigenvalue weighted by Crippen LogP contribution is -2.15. The fourth-order valence-electron chi connectivity index (χ4n) is 2.69. The zero-order valence-electron chi connectivity index (χ0n) is 15.6. The Hall–Kier alpha value is -2.80. The van der Waals surface area contributed by atoms with E-state index in [1.165, 1.54) is 0 Å². The second-order valence-corrected chi connectivity index (χ2v) is 6.25. The number of aromatic hydroxyl groups is 1. The monoisotopic (exact) mass is 376 g/mol. The summed E-state index contributed by atoms with van der Waals surface area (Å²) in [4.78, 5) is 24.1. The fourth-order valence-corrected chi connectivity index (χ4v) is 2.69. The van der Waals surface area contributed by atoms with Gasteiger partial charge in [0.25, 0.3) is 0 Å². The lowest BCUT2D eigenvalue weighted by molar-refractivity contribution is -0.143. The minimum atomic E-state index is -0.779. The Morgan fingerprint density at radius 2 is 2.00 bits per heavy atom. The maximum atomic E-state index is 12.1. The first-order chi connectivity index (χ1) is 12.8.